The van der Waals surface area contributed by atoms with Crippen LogP contribution in [0.2, 0.25) is 0 Å². The van der Waals surface area contributed by atoms with Gasteiger partial charge in [-0.1, -0.05) is 12.1 Å². The lowest BCUT2D eigenvalue weighted by Crippen LogP contribution is -2.31. The predicted octanol–water partition coefficient (Wildman–Crippen LogP) is 4.87. The maximum atomic E-state index is 13.4. The Morgan fingerprint density at radius 2 is 2.11 bits per heavy atom. The fourth-order valence-electron chi connectivity index (χ4n) is 5.52. The second-order valence-electron chi connectivity index (χ2n) is 10.6. The van der Waals surface area contributed by atoms with Crippen molar-refractivity contribution in [2.24, 2.45) is 13.0 Å². The summed E-state index contributed by atoms with van der Waals surface area (Å²) in [6, 6.07) is 12.3. The number of imidazole rings is 2. The Hall–Kier alpha value is -4.14. The zero-order valence-corrected chi connectivity index (χ0v) is 21.4. The first-order valence-corrected chi connectivity index (χ1v) is 13.2. The van der Waals surface area contributed by atoms with Gasteiger partial charge in [0.25, 0.3) is 5.91 Å². The van der Waals surface area contributed by atoms with Crippen molar-refractivity contribution < 1.29 is 13.9 Å². The Labute approximate surface area is 219 Å². The summed E-state index contributed by atoms with van der Waals surface area (Å²) in [6.07, 6.45) is 6.14. The largest absolute Gasteiger partial charge is 0.489 e. The highest BCUT2D eigenvalue weighted by Crippen LogP contribution is 2.39. The molecule has 8 nitrogen and oxygen atoms in total. The van der Waals surface area contributed by atoms with E-state index in [1.807, 2.05) is 32.2 Å². The molecule has 9 heteroatoms. The van der Waals surface area contributed by atoms with Gasteiger partial charge in [-0.2, -0.15) is 4.39 Å². The first-order valence-electron chi connectivity index (χ1n) is 13.2. The van der Waals surface area contributed by atoms with E-state index in [0.717, 1.165) is 63.3 Å². The Balaban J connectivity index is 1.32. The molecule has 5 aromatic rings. The summed E-state index contributed by atoms with van der Waals surface area (Å²) in [5.74, 6) is 1.78. The van der Waals surface area contributed by atoms with Crippen LogP contribution in [0.15, 0.2) is 48.9 Å². The van der Waals surface area contributed by atoms with Gasteiger partial charge in [-0.3, -0.25) is 4.79 Å². The van der Waals surface area contributed by atoms with Crippen LogP contribution in [0.4, 0.5) is 4.39 Å². The molecule has 0 spiro atoms. The third-order valence-electron chi connectivity index (χ3n) is 7.84. The summed E-state index contributed by atoms with van der Waals surface area (Å²) in [6.45, 7) is 3.92. The van der Waals surface area contributed by atoms with E-state index in [4.69, 9.17) is 9.72 Å². The van der Waals surface area contributed by atoms with Gasteiger partial charge in [0.15, 0.2) is 5.82 Å². The molecule has 1 atom stereocenters. The molecular weight excluding hydrogens is 483 g/mol. The number of aromatic nitrogens is 5. The van der Waals surface area contributed by atoms with E-state index < -0.39 is 5.95 Å². The van der Waals surface area contributed by atoms with Crippen molar-refractivity contribution >= 4 is 27.8 Å². The minimum absolute atomic E-state index is 0.0300. The Morgan fingerprint density at radius 1 is 1.24 bits per heavy atom. The number of fused-ring (bicyclic) bond motifs is 3. The molecule has 3 aromatic heterocycles. The summed E-state index contributed by atoms with van der Waals surface area (Å²) in [5.41, 5.74) is 5.71. The zero-order chi connectivity index (χ0) is 26.0. The molecule has 1 aliphatic carbocycles. The van der Waals surface area contributed by atoms with Gasteiger partial charge < -0.3 is 23.8 Å². The molecule has 4 heterocycles. The second-order valence-corrected chi connectivity index (χ2v) is 10.6. The minimum Gasteiger partial charge on any atom is -0.489 e. The van der Waals surface area contributed by atoms with E-state index >= 15 is 0 Å². The van der Waals surface area contributed by atoms with E-state index in [1.165, 1.54) is 25.4 Å². The number of amides is 1. The molecule has 2 aromatic carbocycles. The van der Waals surface area contributed by atoms with Gasteiger partial charge in [0.2, 0.25) is 5.95 Å². The van der Waals surface area contributed by atoms with Crippen LogP contribution in [0.3, 0.4) is 0 Å². The van der Waals surface area contributed by atoms with Crippen molar-refractivity contribution in [2.75, 3.05) is 13.2 Å². The third-order valence-corrected chi connectivity index (χ3v) is 7.84. The Bertz CT molecular complexity index is 1710. The molecule has 194 valence electrons. The molecule has 0 bridgehead atoms. The molecular formula is C29H29FN6O2. The van der Waals surface area contributed by atoms with Gasteiger partial charge in [-0.25, -0.2) is 9.97 Å². The third kappa shape index (κ3) is 3.84. The smallest absolute Gasteiger partial charge is 0.251 e. The first kappa shape index (κ1) is 23.0. The SMILES string of the molecule is CC(COc1cccc2cc(-c3nc4cc5c(cc4n3C)CCNC5=O)n(CC3CC3)c12)n1cnc(F)c1. The van der Waals surface area contributed by atoms with Gasteiger partial charge in [0, 0.05) is 31.1 Å². The van der Waals surface area contributed by atoms with Crippen molar-refractivity contribution in [3.63, 3.8) is 0 Å². The van der Waals surface area contributed by atoms with E-state index in [1.54, 1.807) is 4.57 Å². The van der Waals surface area contributed by atoms with Gasteiger partial charge >= 0.3 is 0 Å². The fourth-order valence-corrected chi connectivity index (χ4v) is 5.52. The number of hydrogen-bond donors (Lipinski definition) is 1. The number of rotatable bonds is 7. The van der Waals surface area contributed by atoms with Gasteiger partial charge in [-0.05, 0) is 61.9 Å². The lowest BCUT2D eigenvalue weighted by atomic mass is 9.99. The summed E-state index contributed by atoms with van der Waals surface area (Å²) < 4.78 is 26.0. The summed E-state index contributed by atoms with van der Waals surface area (Å²) in [7, 11) is 2.04. The van der Waals surface area contributed by atoms with Crippen LogP contribution in [0.5, 0.6) is 5.75 Å². The first-order chi connectivity index (χ1) is 18.5. The minimum atomic E-state index is -0.495. The van der Waals surface area contributed by atoms with Crippen LogP contribution < -0.4 is 10.1 Å². The molecule has 1 fully saturated rings. The Morgan fingerprint density at radius 3 is 2.89 bits per heavy atom. The van der Waals surface area contributed by atoms with Crippen molar-refractivity contribution in [3.8, 4) is 17.3 Å². The van der Waals surface area contributed by atoms with Crippen molar-refractivity contribution in [3.05, 3.63) is 66.0 Å². The molecule has 0 radical (unpaired) electrons. The average molecular weight is 513 g/mol. The maximum Gasteiger partial charge on any atom is 0.251 e. The van der Waals surface area contributed by atoms with E-state index in [0.29, 0.717) is 19.1 Å². The fraction of sp³-hybridized carbons (Fsp3) is 0.345. The van der Waals surface area contributed by atoms with Crippen LogP contribution in [0.1, 0.15) is 41.7 Å². The number of ether oxygens (including phenoxy) is 1. The highest BCUT2D eigenvalue weighted by Gasteiger charge is 2.27. The van der Waals surface area contributed by atoms with Crippen molar-refractivity contribution in [2.45, 2.75) is 38.8 Å². The van der Waals surface area contributed by atoms with Crippen LogP contribution >= 0.6 is 0 Å². The number of para-hydroxylation sites is 1. The van der Waals surface area contributed by atoms with Crippen LogP contribution in [-0.2, 0) is 20.0 Å². The predicted molar refractivity (Wildman–Crippen MR) is 143 cm³/mol. The molecule has 0 saturated heterocycles. The molecule has 2 aliphatic rings. The normalized spacial score (nSPS) is 16.1. The molecule has 1 unspecified atom stereocenters. The highest BCUT2D eigenvalue weighted by molar-refractivity contribution is 6.00. The van der Waals surface area contributed by atoms with Crippen LogP contribution in [0.25, 0.3) is 33.5 Å². The van der Waals surface area contributed by atoms with E-state index in [9.17, 15) is 9.18 Å². The van der Waals surface area contributed by atoms with Gasteiger partial charge in [0.1, 0.15) is 12.4 Å². The number of halogens is 1. The highest BCUT2D eigenvalue weighted by atomic mass is 19.1. The maximum absolute atomic E-state index is 13.4. The number of carbonyl (C=O) groups is 1. The number of hydrogen-bond acceptors (Lipinski definition) is 4. The molecule has 1 saturated carbocycles. The van der Waals surface area contributed by atoms with E-state index in [-0.39, 0.29) is 11.9 Å². The lowest BCUT2D eigenvalue weighted by Gasteiger charge is -2.17. The standard InChI is InChI=1S/C29H29FN6O2/c1-17(35-14-26(30)32-16-35)15-38-25-5-3-4-20-11-24(36(27(20)25)13-18-6-7-18)28-33-22-12-21-19(8-9-31-29(21)37)10-23(22)34(28)2/h3-5,10-12,14,16-18H,6-9,13,15H2,1-2H3,(H,31,37). The molecule has 7 rings (SSSR count). The monoisotopic (exact) mass is 512 g/mol. The lowest BCUT2D eigenvalue weighted by molar-refractivity contribution is 0.0946. The molecule has 38 heavy (non-hydrogen) atoms. The second kappa shape index (κ2) is 8.72. The molecule has 1 N–H and O–H groups in total. The summed E-state index contributed by atoms with van der Waals surface area (Å²) >= 11 is 0. The average Bonchev–Trinajstić information content (AvgIpc) is 3.37. The number of nitrogens with zero attached hydrogens (tertiary/aromatic N) is 5. The summed E-state index contributed by atoms with van der Waals surface area (Å²) in [5, 5.41) is 4.02. The quantitative estimate of drug-likeness (QED) is 0.338. The van der Waals surface area contributed by atoms with Gasteiger partial charge in [0.05, 0.1) is 40.8 Å². The number of aryl methyl sites for hydroxylation is 1. The van der Waals surface area contributed by atoms with E-state index in [2.05, 4.69) is 37.6 Å². The summed E-state index contributed by atoms with van der Waals surface area (Å²) in [4.78, 5) is 21.2. The van der Waals surface area contributed by atoms with Crippen LogP contribution in [0, 0.1) is 11.9 Å². The zero-order valence-electron chi connectivity index (χ0n) is 21.4. The number of benzene rings is 2. The number of carbonyl (C=O) groups excluding carboxylic acids is 1. The van der Waals surface area contributed by atoms with Gasteiger partial charge in [-0.15, -0.1) is 0 Å². The molecule has 1 amide bonds. The Kier molecular flexibility index (Phi) is 5.28. The number of nitrogens with one attached hydrogen (secondary N) is 1. The topological polar surface area (TPSA) is 78.9 Å². The van der Waals surface area contributed by atoms with Crippen molar-refractivity contribution in [1.29, 1.82) is 0 Å². The molecule has 1 aliphatic heterocycles. The van der Waals surface area contributed by atoms with Crippen molar-refractivity contribution in [1.82, 2.24) is 29.0 Å². The van der Waals surface area contributed by atoms with Crippen LogP contribution in [-0.4, -0.2) is 42.7 Å².